The molecule has 1 aliphatic rings. The van der Waals surface area contributed by atoms with Gasteiger partial charge in [-0.2, -0.15) is 0 Å². The molecule has 3 N–H and O–H groups in total. The van der Waals surface area contributed by atoms with Gasteiger partial charge >= 0.3 is 5.97 Å². The van der Waals surface area contributed by atoms with Crippen molar-refractivity contribution in [2.75, 3.05) is 19.8 Å². The molecule has 8 heteroatoms. The summed E-state index contributed by atoms with van der Waals surface area (Å²) in [5.41, 5.74) is -0.689. The molecule has 0 aliphatic carbocycles. The van der Waals surface area contributed by atoms with Crippen LogP contribution in [0.15, 0.2) is 23.1 Å². The van der Waals surface area contributed by atoms with E-state index >= 15 is 0 Å². The van der Waals surface area contributed by atoms with Crippen LogP contribution in [0.25, 0.3) is 0 Å². The lowest BCUT2D eigenvalue weighted by molar-refractivity contribution is -0.0965. The topological polar surface area (TPSA) is 113 Å². The summed E-state index contributed by atoms with van der Waals surface area (Å²) < 4.78 is 31.6. The van der Waals surface area contributed by atoms with Gasteiger partial charge in [0, 0.05) is 12.0 Å². The van der Waals surface area contributed by atoms with Gasteiger partial charge in [0.25, 0.3) is 0 Å². The minimum absolute atomic E-state index is 0.198. The van der Waals surface area contributed by atoms with Gasteiger partial charge in [-0.25, -0.2) is 17.9 Å². The molecule has 0 atom stereocenters. The second-order valence-corrected chi connectivity index (χ2v) is 6.88. The Bertz CT molecular complexity index is 635. The maximum atomic E-state index is 12.1. The summed E-state index contributed by atoms with van der Waals surface area (Å²) in [6.07, 6.45) is 0. The fourth-order valence-electron chi connectivity index (χ4n) is 1.76. The Hall–Kier alpha value is -1.64. The van der Waals surface area contributed by atoms with Crippen LogP contribution in [-0.2, 0) is 14.8 Å². The molecule has 20 heavy (non-hydrogen) atoms. The Balaban J connectivity index is 2.21. The van der Waals surface area contributed by atoms with E-state index in [4.69, 9.17) is 9.84 Å². The number of carboxylic acids is 1. The number of nitrogens with one attached hydrogen (secondary N) is 1. The van der Waals surface area contributed by atoms with Crippen LogP contribution in [0.2, 0.25) is 0 Å². The van der Waals surface area contributed by atoms with Crippen LogP contribution >= 0.6 is 0 Å². The third-order valence-corrected chi connectivity index (χ3v) is 4.50. The van der Waals surface area contributed by atoms with E-state index in [1.54, 1.807) is 0 Å². The molecule has 7 nitrogen and oxygen atoms in total. The molecule has 1 aliphatic heterocycles. The summed E-state index contributed by atoms with van der Waals surface area (Å²) in [7, 11) is -3.82. The highest BCUT2D eigenvalue weighted by molar-refractivity contribution is 7.89. The van der Waals surface area contributed by atoms with Gasteiger partial charge < -0.3 is 14.9 Å². The minimum atomic E-state index is -3.82. The van der Waals surface area contributed by atoms with Crippen molar-refractivity contribution in [1.29, 1.82) is 0 Å². The van der Waals surface area contributed by atoms with Crippen molar-refractivity contribution in [3.63, 3.8) is 0 Å². The first-order valence-corrected chi connectivity index (χ1v) is 7.36. The number of carbonyl (C=O) groups is 1. The first-order valence-electron chi connectivity index (χ1n) is 5.87. The summed E-state index contributed by atoms with van der Waals surface area (Å²) in [6, 6.07) is 3.13. The SMILES string of the molecule is CC1(CNS(=O)(=O)c2ccc(O)c(C(=O)O)c2)COC1. The van der Waals surface area contributed by atoms with Crippen LogP contribution < -0.4 is 4.72 Å². The lowest BCUT2D eigenvalue weighted by Gasteiger charge is -2.37. The van der Waals surface area contributed by atoms with Crippen molar-refractivity contribution < 1.29 is 28.2 Å². The standard InChI is InChI=1S/C12H15NO6S/c1-12(6-19-7-12)5-13-20(17,18)8-2-3-10(14)9(4-8)11(15)16/h2-4,13-14H,5-7H2,1H3,(H,15,16). The minimum Gasteiger partial charge on any atom is -0.507 e. The molecule has 110 valence electrons. The van der Waals surface area contributed by atoms with Crippen molar-refractivity contribution in [2.45, 2.75) is 11.8 Å². The maximum Gasteiger partial charge on any atom is 0.339 e. The first-order chi connectivity index (χ1) is 9.23. The molecule has 1 saturated heterocycles. The predicted octanol–water partition coefficient (Wildman–Crippen LogP) is 0.405. The smallest absolute Gasteiger partial charge is 0.339 e. The molecule has 1 aromatic carbocycles. The lowest BCUT2D eigenvalue weighted by Crippen LogP contribution is -2.48. The van der Waals surface area contributed by atoms with Gasteiger partial charge in [-0.1, -0.05) is 6.92 Å². The monoisotopic (exact) mass is 301 g/mol. The molecule has 1 fully saturated rings. The molecule has 0 aromatic heterocycles. The van der Waals surface area contributed by atoms with E-state index in [-0.39, 0.29) is 16.9 Å². The van der Waals surface area contributed by atoms with Gasteiger partial charge in [0.15, 0.2) is 0 Å². The number of benzene rings is 1. The highest BCUT2D eigenvalue weighted by Crippen LogP contribution is 2.26. The van der Waals surface area contributed by atoms with Gasteiger partial charge in [-0.3, -0.25) is 0 Å². The molecule has 0 bridgehead atoms. The van der Waals surface area contributed by atoms with Crippen molar-refractivity contribution in [3.05, 3.63) is 23.8 Å². The zero-order valence-electron chi connectivity index (χ0n) is 10.8. The van der Waals surface area contributed by atoms with Crippen LogP contribution in [0.4, 0.5) is 0 Å². The second-order valence-electron chi connectivity index (χ2n) is 5.11. The van der Waals surface area contributed by atoms with Crippen molar-refractivity contribution in [3.8, 4) is 5.75 Å². The van der Waals surface area contributed by atoms with Gasteiger partial charge in [-0.15, -0.1) is 0 Å². The van der Waals surface area contributed by atoms with Gasteiger partial charge in [-0.05, 0) is 18.2 Å². The summed E-state index contributed by atoms with van der Waals surface area (Å²) in [6.45, 7) is 3.05. The van der Waals surface area contributed by atoms with Gasteiger partial charge in [0.05, 0.1) is 18.1 Å². The Labute approximate surface area is 116 Å². The van der Waals surface area contributed by atoms with E-state index in [1.807, 2.05) is 6.92 Å². The molecular weight excluding hydrogens is 286 g/mol. The molecule has 2 rings (SSSR count). The van der Waals surface area contributed by atoms with E-state index in [2.05, 4.69) is 4.72 Å². The third kappa shape index (κ3) is 2.92. The summed E-state index contributed by atoms with van der Waals surface area (Å²) in [5.74, 6) is -1.87. The Morgan fingerprint density at radius 1 is 1.45 bits per heavy atom. The summed E-state index contributed by atoms with van der Waals surface area (Å²) in [5, 5.41) is 18.2. The molecule has 0 amide bonds. The predicted molar refractivity (Wildman–Crippen MR) is 69.2 cm³/mol. The van der Waals surface area contributed by atoms with Crippen molar-refractivity contribution >= 4 is 16.0 Å². The van der Waals surface area contributed by atoms with E-state index in [0.29, 0.717) is 13.2 Å². The van der Waals surface area contributed by atoms with Crippen LogP contribution in [0.1, 0.15) is 17.3 Å². The first kappa shape index (κ1) is 14.8. The molecule has 1 aromatic rings. The van der Waals surface area contributed by atoms with Gasteiger partial charge in [0.2, 0.25) is 10.0 Å². The van der Waals surface area contributed by atoms with E-state index in [0.717, 1.165) is 18.2 Å². The van der Waals surface area contributed by atoms with Crippen LogP contribution in [-0.4, -0.2) is 44.4 Å². The van der Waals surface area contributed by atoms with E-state index < -0.39 is 27.3 Å². The second kappa shape index (κ2) is 5.04. The number of carboxylic acid groups (broad SMARTS) is 1. The zero-order chi connectivity index (χ0) is 15.0. The Morgan fingerprint density at radius 2 is 2.10 bits per heavy atom. The molecule has 1 heterocycles. The van der Waals surface area contributed by atoms with Gasteiger partial charge in [0.1, 0.15) is 11.3 Å². The highest BCUT2D eigenvalue weighted by atomic mass is 32.2. The number of rotatable bonds is 5. The number of hydrogen-bond acceptors (Lipinski definition) is 5. The van der Waals surface area contributed by atoms with Crippen LogP contribution in [0, 0.1) is 5.41 Å². The van der Waals surface area contributed by atoms with E-state index in [9.17, 15) is 18.3 Å². The number of ether oxygens (including phenoxy) is 1. The molecule has 0 saturated carbocycles. The quantitative estimate of drug-likeness (QED) is 0.726. The zero-order valence-corrected chi connectivity index (χ0v) is 11.6. The number of aromatic carboxylic acids is 1. The van der Waals surface area contributed by atoms with Crippen LogP contribution in [0.3, 0.4) is 0 Å². The van der Waals surface area contributed by atoms with Crippen molar-refractivity contribution in [2.24, 2.45) is 5.41 Å². The number of aromatic hydroxyl groups is 1. The summed E-state index contributed by atoms with van der Waals surface area (Å²) >= 11 is 0. The Kier molecular flexibility index (Phi) is 3.72. The normalized spacial score (nSPS) is 17.4. The number of sulfonamides is 1. The van der Waals surface area contributed by atoms with Crippen LogP contribution in [0.5, 0.6) is 5.75 Å². The maximum absolute atomic E-state index is 12.1. The fraction of sp³-hybridized carbons (Fsp3) is 0.417. The number of hydrogen-bond donors (Lipinski definition) is 3. The van der Waals surface area contributed by atoms with E-state index in [1.165, 1.54) is 0 Å². The summed E-state index contributed by atoms with van der Waals surface area (Å²) in [4.78, 5) is 10.7. The molecule has 0 radical (unpaired) electrons. The number of phenols is 1. The third-order valence-electron chi connectivity index (χ3n) is 3.10. The highest BCUT2D eigenvalue weighted by Gasteiger charge is 2.34. The molecular formula is C12H15NO6S. The largest absolute Gasteiger partial charge is 0.507 e. The van der Waals surface area contributed by atoms with Crippen molar-refractivity contribution in [1.82, 2.24) is 4.72 Å². The fourth-order valence-corrected chi connectivity index (χ4v) is 2.98. The average molecular weight is 301 g/mol. The lowest BCUT2D eigenvalue weighted by atomic mass is 9.89. The average Bonchev–Trinajstić information content (AvgIpc) is 2.34. The Morgan fingerprint density at radius 3 is 2.60 bits per heavy atom. The molecule has 0 unspecified atom stereocenters. The molecule has 0 spiro atoms.